The second kappa shape index (κ2) is 6.08. The second-order valence-corrected chi connectivity index (χ2v) is 6.97. The topological polar surface area (TPSA) is 67.4 Å². The highest BCUT2D eigenvalue weighted by atomic mass is 32.2. The smallest absolute Gasteiger partial charge is 0.240 e. The van der Waals surface area contributed by atoms with Gasteiger partial charge >= 0.3 is 0 Å². The molecule has 0 fully saturated rings. The van der Waals surface area contributed by atoms with E-state index in [-0.39, 0.29) is 11.4 Å². The number of rotatable bonds is 5. The lowest BCUT2D eigenvalue weighted by molar-refractivity contribution is 0.414. The van der Waals surface area contributed by atoms with E-state index in [4.69, 9.17) is 4.74 Å². The molecule has 0 aliphatic carbocycles. The molecule has 0 saturated heterocycles. The van der Waals surface area contributed by atoms with Gasteiger partial charge in [0.25, 0.3) is 0 Å². The van der Waals surface area contributed by atoms with Gasteiger partial charge in [-0.2, -0.15) is 0 Å². The molecule has 2 aromatic rings. The zero-order valence-corrected chi connectivity index (χ0v) is 13.1. The van der Waals surface area contributed by atoms with Crippen molar-refractivity contribution in [3.8, 4) is 5.75 Å². The van der Waals surface area contributed by atoms with E-state index >= 15 is 0 Å². The zero-order valence-electron chi connectivity index (χ0n) is 12.3. The van der Waals surface area contributed by atoms with Crippen LogP contribution in [0.25, 0.3) is 0 Å². The molecule has 2 aromatic carbocycles. The first-order valence-electron chi connectivity index (χ1n) is 7.03. The van der Waals surface area contributed by atoms with Crippen LogP contribution >= 0.6 is 0 Å². The molecule has 1 aliphatic heterocycles. The largest absolute Gasteiger partial charge is 0.497 e. The molecular weight excluding hydrogens is 300 g/mol. The molecule has 6 heteroatoms. The van der Waals surface area contributed by atoms with Crippen molar-refractivity contribution in [1.82, 2.24) is 10.0 Å². The van der Waals surface area contributed by atoms with Gasteiger partial charge in [0.2, 0.25) is 10.0 Å². The number of fused-ring (bicyclic) bond motifs is 1. The number of hydrogen-bond donors (Lipinski definition) is 2. The Hall–Kier alpha value is -1.89. The Kier molecular flexibility index (Phi) is 4.15. The number of benzene rings is 2. The third kappa shape index (κ3) is 3.14. The van der Waals surface area contributed by atoms with Crippen LogP contribution in [-0.2, 0) is 29.7 Å². The molecule has 1 heterocycles. The van der Waals surface area contributed by atoms with Crippen LogP contribution in [0.2, 0.25) is 0 Å². The van der Waals surface area contributed by atoms with Crippen molar-refractivity contribution in [3.63, 3.8) is 0 Å². The summed E-state index contributed by atoms with van der Waals surface area (Å²) >= 11 is 0. The van der Waals surface area contributed by atoms with Crippen molar-refractivity contribution in [1.29, 1.82) is 0 Å². The summed E-state index contributed by atoms with van der Waals surface area (Å²) in [5.74, 6) is 0.630. The maximum Gasteiger partial charge on any atom is 0.240 e. The molecule has 0 unspecified atom stereocenters. The average molecular weight is 318 g/mol. The highest BCUT2D eigenvalue weighted by Crippen LogP contribution is 2.18. The van der Waals surface area contributed by atoms with Crippen molar-refractivity contribution in [2.75, 3.05) is 7.11 Å². The van der Waals surface area contributed by atoms with Crippen LogP contribution in [0.5, 0.6) is 5.75 Å². The van der Waals surface area contributed by atoms with Gasteiger partial charge in [-0.05, 0) is 41.0 Å². The maximum absolute atomic E-state index is 12.3. The van der Waals surface area contributed by atoms with E-state index in [2.05, 4.69) is 10.0 Å². The highest BCUT2D eigenvalue weighted by Gasteiger charge is 2.15. The minimum Gasteiger partial charge on any atom is -0.497 e. The van der Waals surface area contributed by atoms with Crippen LogP contribution in [-0.4, -0.2) is 15.5 Å². The molecule has 3 rings (SSSR count). The Labute approximate surface area is 130 Å². The van der Waals surface area contributed by atoms with Gasteiger partial charge in [0.15, 0.2) is 0 Å². The van der Waals surface area contributed by atoms with E-state index in [1.165, 1.54) is 23.3 Å². The highest BCUT2D eigenvalue weighted by molar-refractivity contribution is 7.89. The molecule has 116 valence electrons. The summed E-state index contributed by atoms with van der Waals surface area (Å²) in [5.41, 5.74) is 3.47. The van der Waals surface area contributed by atoms with Crippen molar-refractivity contribution in [2.45, 2.75) is 24.5 Å². The van der Waals surface area contributed by atoms with E-state index in [9.17, 15) is 8.42 Å². The Bertz CT molecular complexity index is 770. The molecule has 22 heavy (non-hydrogen) atoms. The van der Waals surface area contributed by atoms with Crippen molar-refractivity contribution in [2.24, 2.45) is 0 Å². The summed E-state index contributed by atoms with van der Waals surface area (Å²) in [4.78, 5) is 0.233. The van der Waals surface area contributed by atoms with Gasteiger partial charge in [-0.25, -0.2) is 13.1 Å². The van der Waals surface area contributed by atoms with Gasteiger partial charge in [0.1, 0.15) is 5.75 Å². The molecule has 0 saturated carbocycles. The first-order chi connectivity index (χ1) is 10.6. The third-order valence-electron chi connectivity index (χ3n) is 3.74. The lowest BCUT2D eigenvalue weighted by Gasteiger charge is -2.09. The normalized spacial score (nSPS) is 13.9. The van der Waals surface area contributed by atoms with Crippen LogP contribution in [0.1, 0.15) is 16.7 Å². The molecule has 0 spiro atoms. The molecule has 5 nitrogen and oxygen atoms in total. The molecule has 2 N–H and O–H groups in total. The fraction of sp³-hybridized carbons (Fsp3) is 0.250. The van der Waals surface area contributed by atoms with Gasteiger partial charge < -0.3 is 10.1 Å². The number of sulfonamides is 1. The molecular formula is C16H18N2O3S. The van der Waals surface area contributed by atoms with Gasteiger partial charge in [-0.1, -0.05) is 18.2 Å². The van der Waals surface area contributed by atoms with Gasteiger partial charge in [-0.15, -0.1) is 0 Å². The van der Waals surface area contributed by atoms with Crippen LogP contribution in [0.4, 0.5) is 0 Å². The average Bonchev–Trinajstić information content (AvgIpc) is 3.01. The minimum atomic E-state index is -3.52. The summed E-state index contributed by atoms with van der Waals surface area (Å²) in [5, 5.41) is 3.27. The van der Waals surface area contributed by atoms with E-state index < -0.39 is 10.0 Å². The first-order valence-corrected chi connectivity index (χ1v) is 8.52. The molecule has 1 aliphatic rings. The number of methoxy groups -OCH3 is 1. The summed E-state index contributed by atoms with van der Waals surface area (Å²) in [7, 11) is -1.97. The predicted octanol–water partition coefficient (Wildman–Crippen LogP) is 1.78. The van der Waals surface area contributed by atoms with E-state index in [1.54, 1.807) is 19.2 Å². The standard InChI is InChI=1S/C16H18N2O3S/c1-21-15-4-6-16(7-5-15)22(19,20)18-9-12-2-3-13-10-17-11-14(13)8-12/h2-8,17-18H,9-11H2,1H3. The Morgan fingerprint density at radius 1 is 1.09 bits per heavy atom. The maximum atomic E-state index is 12.3. The van der Waals surface area contributed by atoms with Gasteiger partial charge in [0.05, 0.1) is 12.0 Å². The lowest BCUT2D eigenvalue weighted by Crippen LogP contribution is -2.23. The third-order valence-corrected chi connectivity index (χ3v) is 5.15. The van der Waals surface area contributed by atoms with Crippen molar-refractivity contribution >= 4 is 10.0 Å². The zero-order chi connectivity index (χ0) is 15.6. The van der Waals surface area contributed by atoms with Crippen LogP contribution in [0.15, 0.2) is 47.4 Å². The van der Waals surface area contributed by atoms with Crippen molar-refractivity contribution in [3.05, 3.63) is 59.2 Å². The fourth-order valence-corrected chi connectivity index (χ4v) is 3.49. The Balaban J connectivity index is 1.71. The number of hydrogen-bond acceptors (Lipinski definition) is 4. The molecule has 0 radical (unpaired) electrons. The SMILES string of the molecule is COc1ccc(S(=O)(=O)NCc2ccc3c(c2)CNC3)cc1. The Morgan fingerprint density at radius 3 is 2.55 bits per heavy atom. The summed E-state index contributed by atoms with van der Waals surface area (Å²) in [6.45, 7) is 2.00. The fourth-order valence-electron chi connectivity index (χ4n) is 2.47. The van der Waals surface area contributed by atoms with Gasteiger partial charge in [0, 0.05) is 19.6 Å². The molecule has 0 amide bonds. The van der Waals surface area contributed by atoms with Gasteiger partial charge in [-0.3, -0.25) is 0 Å². The second-order valence-electron chi connectivity index (χ2n) is 5.21. The Morgan fingerprint density at radius 2 is 1.82 bits per heavy atom. The van der Waals surface area contributed by atoms with Crippen LogP contribution in [0.3, 0.4) is 0 Å². The summed E-state index contributed by atoms with van der Waals surface area (Å²) < 4.78 is 32.2. The lowest BCUT2D eigenvalue weighted by atomic mass is 10.1. The van der Waals surface area contributed by atoms with Crippen molar-refractivity contribution < 1.29 is 13.2 Å². The number of nitrogens with one attached hydrogen (secondary N) is 2. The summed E-state index contributed by atoms with van der Waals surface area (Å²) in [6.07, 6.45) is 0. The first kappa shape index (κ1) is 15.0. The van der Waals surface area contributed by atoms with E-state index in [1.807, 2.05) is 18.2 Å². The summed E-state index contributed by atoms with van der Waals surface area (Å²) in [6, 6.07) is 12.4. The quantitative estimate of drug-likeness (QED) is 0.882. The monoisotopic (exact) mass is 318 g/mol. The molecule has 0 atom stereocenters. The van der Waals surface area contributed by atoms with E-state index in [0.29, 0.717) is 5.75 Å². The molecule has 0 bridgehead atoms. The minimum absolute atomic E-state index is 0.233. The van der Waals surface area contributed by atoms with Crippen LogP contribution in [0, 0.1) is 0 Å². The predicted molar refractivity (Wildman–Crippen MR) is 84.0 cm³/mol. The van der Waals surface area contributed by atoms with Crippen LogP contribution < -0.4 is 14.8 Å². The number of ether oxygens (including phenoxy) is 1. The molecule has 0 aromatic heterocycles. The van der Waals surface area contributed by atoms with E-state index in [0.717, 1.165) is 18.7 Å².